The van der Waals surface area contributed by atoms with Crippen molar-refractivity contribution in [3.63, 3.8) is 0 Å². The number of nitrogens with one attached hydrogen (secondary N) is 1. The average molecular weight is 304 g/mol. The number of sulfone groups is 1. The van der Waals surface area contributed by atoms with Crippen LogP contribution >= 0.6 is 0 Å². The van der Waals surface area contributed by atoms with Crippen LogP contribution in [0, 0.1) is 11.8 Å². The summed E-state index contributed by atoms with van der Waals surface area (Å²) < 4.78 is 22.4. The Hall–Kier alpha value is -0.0900. The molecule has 1 atom stereocenters. The van der Waals surface area contributed by atoms with Crippen molar-refractivity contribution in [3.8, 4) is 0 Å². The van der Waals surface area contributed by atoms with E-state index in [1.54, 1.807) is 0 Å². The largest absolute Gasteiger partial charge is 0.317 e. The number of unbranched alkanes of at least 4 members (excludes halogenated alkanes) is 1. The van der Waals surface area contributed by atoms with E-state index in [1.165, 1.54) is 51.2 Å². The Morgan fingerprint density at radius 3 is 2.30 bits per heavy atom. The number of hydrogen-bond acceptors (Lipinski definition) is 3. The Kier molecular flexibility index (Phi) is 8.11. The lowest BCUT2D eigenvalue weighted by molar-refractivity contribution is 0.210. The first-order chi connectivity index (χ1) is 9.46. The molecule has 0 amide bonds. The second kappa shape index (κ2) is 9.04. The molecule has 0 aliphatic heterocycles. The smallest absolute Gasteiger partial charge is 0.147 e. The van der Waals surface area contributed by atoms with Gasteiger partial charge in [-0.05, 0) is 44.6 Å². The monoisotopic (exact) mass is 303 g/mol. The van der Waals surface area contributed by atoms with Crippen LogP contribution < -0.4 is 5.32 Å². The van der Waals surface area contributed by atoms with Crippen LogP contribution in [-0.4, -0.2) is 33.5 Å². The molecule has 1 N–H and O–H groups in total. The number of hydrogen-bond donors (Lipinski definition) is 1. The molecule has 0 saturated heterocycles. The molecule has 0 aromatic rings. The van der Waals surface area contributed by atoms with Crippen molar-refractivity contribution in [2.45, 2.75) is 70.8 Å². The highest BCUT2D eigenvalue weighted by Gasteiger charge is 2.26. The molecular weight excluding hydrogens is 270 g/mol. The van der Waals surface area contributed by atoms with Gasteiger partial charge in [0.2, 0.25) is 0 Å². The fourth-order valence-corrected chi connectivity index (χ4v) is 4.24. The number of rotatable bonds is 9. The normalized spacial score (nSPS) is 25.6. The first-order valence-corrected chi connectivity index (χ1v) is 10.4. The van der Waals surface area contributed by atoms with Gasteiger partial charge in [0.1, 0.15) is 9.84 Å². The van der Waals surface area contributed by atoms with Crippen molar-refractivity contribution in [1.29, 1.82) is 0 Å². The van der Waals surface area contributed by atoms with Crippen LogP contribution in [0.15, 0.2) is 0 Å². The standard InChI is InChI=1S/C16H33NO2S/c1-4-5-7-14-9-11-15(12-10-14)16(17-2)8-6-13-20(3,18)19/h14-17H,4-13H2,1-3H3. The molecule has 0 heterocycles. The summed E-state index contributed by atoms with van der Waals surface area (Å²) in [6, 6.07) is 0.504. The van der Waals surface area contributed by atoms with Crippen molar-refractivity contribution >= 4 is 9.84 Å². The Bertz CT molecular complexity index is 345. The van der Waals surface area contributed by atoms with Gasteiger partial charge in [-0.3, -0.25) is 0 Å². The van der Waals surface area contributed by atoms with Gasteiger partial charge in [-0.1, -0.05) is 39.0 Å². The molecule has 120 valence electrons. The van der Waals surface area contributed by atoms with Gasteiger partial charge < -0.3 is 5.32 Å². The second-order valence-electron chi connectivity index (χ2n) is 6.59. The van der Waals surface area contributed by atoms with Crippen LogP contribution in [0.4, 0.5) is 0 Å². The minimum Gasteiger partial charge on any atom is -0.317 e. The van der Waals surface area contributed by atoms with Crippen LogP contribution in [0.2, 0.25) is 0 Å². The van der Waals surface area contributed by atoms with E-state index in [0.717, 1.165) is 24.7 Å². The quantitative estimate of drug-likeness (QED) is 0.710. The maximum Gasteiger partial charge on any atom is 0.147 e. The molecule has 0 spiro atoms. The van der Waals surface area contributed by atoms with E-state index < -0.39 is 9.84 Å². The van der Waals surface area contributed by atoms with Crippen LogP contribution in [0.1, 0.15) is 64.7 Å². The Morgan fingerprint density at radius 2 is 1.80 bits per heavy atom. The summed E-state index contributed by atoms with van der Waals surface area (Å²) in [5.41, 5.74) is 0. The summed E-state index contributed by atoms with van der Waals surface area (Å²) in [5, 5.41) is 3.42. The van der Waals surface area contributed by atoms with E-state index in [1.807, 2.05) is 7.05 Å². The van der Waals surface area contributed by atoms with Gasteiger partial charge >= 0.3 is 0 Å². The molecule has 0 bridgehead atoms. The van der Waals surface area contributed by atoms with Gasteiger partial charge in [0, 0.05) is 18.1 Å². The zero-order valence-corrected chi connectivity index (χ0v) is 14.3. The van der Waals surface area contributed by atoms with Crippen molar-refractivity contribution in [1.82, 2.24) is 5.32 Å². The molecule has 4 heteroatoms. The highest BCUT2D eigenvalue weighted by molar-refractivity contribution is 7.90. The van der Waals surface area contributed by atoms with Gasteiger partial charge in [-0.2, -0.15) is 0 Å². The van der Waals surface area contributed by atoms with Crippen LogP contribution in [-0.2, 0) is 9.84 Å². The lowest BCUT2D eigenvalue weighted by atomic mass is 9.76. The van der Waals surface area contributed by atoms with Crippen molar-refractivity contribution in [2.24, 2.45) is 11.8 Å². The minimum absolute atomic E-state index is 0.330. The summed E-state index contributed by atoms with van der Waals surface area (Å²) in [4.78, 5) is 0. The van der Waals surface area contributed by atoms with E-state index in [-0.39, 0.29) is 0 Å². The fraction of sp³-hybridized carbons (Fsp3) is 1.00. The second-order valence-corrected chi connectivity index (χ2v) is 8.85. The molecular formula is C16H33NO2S. The Balaban J connectivity index is 2.29. The van der Waals surface area contributed by atoms with Crippen molar-refractivity contribution < 1.29 is 8.42 Å². The highest BCUT2D eigenvalue weighted by atomic mass is 32.2. The first-order valence-electron chi connectivity index (χ1n) is 8.31. The van der Waals surface area contributed by atoms with Gasteiger partial charge in [0.15, 0.2) is 0 Å². The van der Waals surface area contributed by atoms with Gasteiger partial charge in [-0.15, -0.1) is 0 Å². The Labute approximate surface area is 125 Å². The van der Waals surface area contributed by atoms with Crippen LogP contribution in [0.3, 0.4) is 0 Å². The van der Waals surface area contributed by atoms with E-state index in [9.17, 15) is 8.42 Å². The average Bonchev–Trinajstić information content (AvgIpc) is 2.41. The fourth-order valence-electron chi connectivity index (χ4n) is 3.55. The molecule has 1 rings (SSSR count). The molecule has 3 nitrogen and oxygen atoms in total. The van der Waals surface area contributed by atoms with Crippen molar-refractivity contribution in [3.05, 3.63) is 0 Å². The molecule has 0 aromatic heterocycles. The predicted octanol–water partition coefficient (Wildman–Crippen LogP) is 3.40. The van der Waals surface area contributed by atoms with Gasteiger partial charge in [0.05, 0.1) is 0 Å². The van der Waals surface area contributed by atoms with Gasteiger partial charge in [0.25, 0.3) is 0 Å². The Morgan fingerprint density at radius 1 is 1.15 bits per heavy atom. The zero-order valence-electron chi connectivity index (χ0n) is 13.5. The molecule has 0 radical (unpaired) electrons. The molecule has 1 saturated carbocycles. The van der Waals surface area contributed by atoms with E-state index in [4.69, 9.17) is 0 Å². The molecule has 1 unspecified atom stereocenters. The molecule has 1 aliphatic carbocycles. The van der Waals surface area contributed by atoms with E-state index in [2.05, 4.69) is 12.2 Å². The maximum absolute atomic E-state index is 11.2. The maximum atomic E-state index is 11.2. The lowest BCUT2D eigenvalue weighted by Crippen LogP contribution is -2.36. The van der Waals surface area contributed by atoms with Gasteiger partial charge in [-0.25, -0.2) is 8.42 Å². The predicted molar refractivity (Wildman–Crippen MR) is 86.8 cm³/mol. The topological polar surface area (TPSA) is 46.2 Å². The van der Waals surface area contributed by atoms with E-state index >= 15 is 0 Å². The summed E-state index contributed by atoms with van der Waals surface area (Å²) in [5.74, 6) is 2.02. The van der Waals surface area contributed by atoms with Crippen molar-refractivity contribution in [2.75, 3.05) is 19.1 Å². The first kappa shape index (κ1) is 18.0. The SMILES string of the molecule is CCCCC1CCC(C(CCCS(C)(=O)=O)NC)CC1. The third-order valence-corrected chi connectivity index (χ3v) is 5.86. The summed E-state index contributed by atoms with van der Waals surface area (Å²) in [6.07, 6.45) is 12.6. The lowest BCUT2D eigenvalue weighted by Gasteiger charge is -2.34. The molecule has 20 heavy (non-hydrogen) atoms. The third-order valence-electron chi connectivity index (χ3n) is 4.83. The molecule has 0 aromatic carbocycles. The zero-order chi connectivity index (χ0) is 15.0. The molecule has 1 aliphatic rings. The van der Waals surface area contributed by atoms with Crippen LogP contribution in [0.25, 0.3) is 0 Å². The molecule has 1 fully saturated rings. The highest BCUT2D eigenvalue weighted by Crippen LogP contribution is 2.34. The van der Waals surface area contributed by atoms with E-state index in [0.29, 0.717) is 11.8 Å². The summed E-state index contributed by atoms with van der Waals surface area (Å²) in [6.45, 7) is 2.27. The summed E-state index contributed by atoms with van der Waals surface area (Å²) >= 11 is 0. The minimum atomic E-state index is -2.81. The van der Waals surface area contributed by atoms with Crippen LogP contribution in [0.5, 0.6) is 0 Å². The third kappa shape index (κ3) is 7.07. The summed E-state index contributed by atoms with van der Waals surface area (Å²) in [7, 11) is -0.783.